The smallest absolute Gasteiger partial charge is 0.245 e. The Morgan fingerprint density at radius 1 is 0.442 bits per heavy atom. The fraction of sp³-hybridized carbons (Fsp3) is 0.466. The molecule has 0 radical (unpaired) electrons. The number of unbranched alkanes of at least 4 members (excludes halogenated alkanes) is 1. The lowest BCUT2D eigenvalue weighted by Crippen LogP contribution is -2.61. The van der Waals surface area contributed by atoms with Gasteiger partial charge in [-0.2, -0.15) is 0 Å². The first kappa shape index (κ1) is 60.2. The number of phenolic OH excluding ortho intramolecular Hbond substituents is 4. The number of nitrogens with zero attached hydrogens (tertiary/aromatic N) is 1. The summed E-state index contributed by atoms with van der Waals surface area (Å²) in [7, 11) is 1.44. The average Bonchev–Trinajstić information content (AvgIpc) is 3.42. The van der Waals surface area contributed by atoms with Crippen molar-refractivity contribution in [3.8, 4) is 23.0 Å². The summed E-state index contributed by atoms with van der Waals surface area (Å²) in [5.41, 5.74) is 8.59. The van der Waals surface area contributed by atoms with Gasteiger partial charge in [0.2, 0.25) is 41.4 Å². The Morgan fingerprint density at radius 3 is 1.23 bits per heavy atom. The van der Waals surface area contributed by atoms with Crippen LogP contribution in [0.25, 0.3) is 0 Å². The van der Waals surface area contributed by atoms with Crippen LogP contribution >= 0.6 is 0 Å². The molecule has 0 saturated carbocycles. The van der Waals surface area contributed by atoms with Crippen molar-refractivity contribution < 1.29 is 54.0 Å². The highest BCUT2D eigenvalue weighted by Gasteiger charge is 2.39. The molecule has 19 heteroatoms. The third-order valence-corrected chi connectivity index (χ3v) is 14.5. The lowest BCUT2D eigenvalue weighted by molar-refractivity contribution is -0.144. The number of amides is 7. The highest BCUT2D eigenvalue weighted by Crippen LogP contribution is 2.21. The molecule has 0 bridgehead atoms. The Morgan fingerprint density at radius 2 is 0.792 bits per heavy atom. The summed E-state index contributed by atoms with van der Waals surface area (Å²) in [6.45, 7) is 7.50. The third-order valence-electron chi connectivity index (χ3n) is 14.5. The lowest BCUT2D eigenvalue weighted by atomic mass is 9.95. The van der Waals surface area contributed by atoms with Gasteiger partial charge in [0.1, 0.15) is 65.3 Å². The van der Waals surface area contributed by atoms with E-state index in [2.05, 4.69) is 31.9 Å². The van der Waals surface area contributed by atoms with Gasteiger partial charge in [-0.15, -0.1) is 0 Å². The highest BCUT2D eigenvalue weighted by molar-refractivity contribution is 5.98. The van der Waals surface area contributed by atoms with Gasteiger partial charge in [-0.25, -0.2) is 0 Å². The number of nitrogens with two attached hydrogens (primary N) is 1. The molecular formula is C58H78N8O11. The van der Waals surface area contributed by atoms with E-state index in [-0.39, 0.29) is 74.4 Å². The number of likely N-dealkylation sites (N-methyl/N-ethyl adjacent to an activating group) is 1. The molecule has 4 aromatic rings. The molecule has 7 amide bonds. The van der Waals surface area contributed by atoms with E-state index in [0.29, 0.717) is 37.8 Å². The fourth-order valence-electron chi connectivity index (χ4n) is 9.13. The number of rotatable bonds is 19. The summed E-state index contributed by atoms with van der Waals surface area (Å²) in [5.74, 6) is -5.95. The standard InChI is InChI=1S/C58H78N8O11/c1-6-35(3)50-57(76)63-48(34-40-17-28-44(70)29-18-40)55(74)60-45(10-8-9-33-59)53(72)65-51(36(4)7-2)58(77)66(5)49(32-21-39-15-26-43(69)27-16-39)56(75)62-46(30-19-37-11-22-41(67)23-12-37)52(71)61-47(54(73)64-50)31-20-38-13-24-42(68)25-14-38/h11-18,22-29,35-36,45-51,67-70H,6-10,19-21,30-34,59H2,1-5H3,(H,60,74)(H,61,71)(H,62,75)(H,63,76)(H,64,73)(H,65,72)/t35-,36-,45+,46-,47-,48-,49-,50-,51-/m0/s1. The predicted octanol–water partition coefficient (Wildman–Crippen LogP) is 3.92. The maximum Gasteiger partial charge on any atom is 0.245 e. The first-order chi connectivity index (χ1) is 36.8. The van der Waals surface area contributed by atoms with E-state index in [1.54, 1.807) is 62.4 Å². The van der Waals surface area contributed by atoms with Crippen molar-refractivity contribution in [2.75, 3.05) is 13.6 Å². The largest absolute Gasteiger partial charge is 0.508 e. The molecule has 0 aliphatic carbocycles. The monoisotopic (exact) mass is 1060 g/mol. The normalized spacial score (nSPS) is 22.3. The summed E-state index contributed by atoms with van der Waals surface area (Å²) in [4.78, 5) is 105. The van der Waals surface area contributed by atoms with Crippen LogP contribution in [0.4, 0.5) is 0 Å². The molecular weight excluding hydrogens is 985 g/mol. The van der Waals surface area contributed by atoms with Crippen LogP contribution in [0.3, 0.4) is 0 Å². The number of phenols is 4. The summed E-state index contributed by atoms with van der Waals surface area (Å²) in [6.07, 6.45) is 2.43. The molecule has 0 spiro atoms. The highest BCUT2D eigenvalue weighted by atomic mass is 16.3. The molecule has 1 saturated heterocycles. The van der Waals surface area contributed by atoms with Crippen LogP contribution < -0.4 is 37.6 Å². The van der Waals surface area contributed by atoms with Crippen LogP contribution in [0.2, 0.25) is 0 Å². The number of hydrogen-bond acceptors (Lipinski definition) is 12. The van der Waals surface area contributed by atoms with Gasteiger partial charge in [0.05, 0.1) is 0 Å². The van der Waals surface area contributed by atoms with Gasteiger partial charge in [0.15, 0.2) is 0 Å². The van der Waals surface area contributed by atoms with E-state index < -0.39 is 95.5 Å². The molecule has 12 N–H and O–H groups in total. The van der Waals surface area contributed by atoms with Crippen LogP contribution in [-0.4, -0.2) is 123 Å². The van der Waals surface area contributed by atoms with Gasteiger partial charge in [-0.3, -0.25) is 33.6 Å². The molecule has 1 aliphatic heterocycles. The van der Waals surface area contributed by atoms with Crippen molar-refractivity contribution in [1.82, 2.24) is 36.8 Å². The van der Waals surface area contributed by atoms with Gasteiger partial charge >= 0.3 is 0 Å². The van der Waals surface area contributed by atoms with Crippen LogP contribution in [0.1, 0.15) is 101 Å². The Labute approximate surface area is 451 Å². The first-order valence-electron chi connectivity index (χ1n) is 26.7. The molecule has 4 aromatic carbocycles. The second kappa shape index (κ2) is 29.6. The van der Waals surface area contributed by atoms with Crippen LogP contribution in [0.15, 0.2) is 97.1 Å². The second-order valence-electron chi connectivity index (χ2n) is 20.2. The molecule has 9 atom stereocenters. The van der Waals surface area contributed by atoms with E-state index in [4.69, 9.17) is 5.73 Å². The van der Waals surface area contributed by atoms with Crippen LogP contribution in [0.5, 0.6) is 23.0 Å². The van der Waals surface area contributed by atoms with E-state index in [9.17, 15) is 44.4 Å². The molecule has 77 heavy (non-hydrogen) atoms. The zero-order valence-electron chi connectivity index (χ0n) is 44.8. The summed E-state index contributed by atoms with van der Waals surface area (Å²) >= 11 is 0. The maximum atomic E-state index is 15.0. The molecule has 19 nitrogen and oxygen atoms in total. The summed E-state index contributed by atoms with van der Waals surface area (Å²) in [5, 5.41) is 57.4. The van der Waals surface area contributed by atoms with Gasteiger partial charge in [0, 0.05) is 13.5 Å². The minimum absolute atomic E-state index is 0.00221. The minimum Gasteiger partial charge on any atom is -0.508 e. The van der Waals surface area contributed by atoms with Gasteiger partial charge in [0.25, 0.3) is 0 Å². The van der Waals surface area contributed by atoms with Crippen molar-refractivity contribution >= 4 is 41.4 Å². The first-order valence-corrected chi connectivity index (χ1v) is 26.7. The van der Waals surface area contributed by atoms with Crippen LogP contribution in [0, 0.1) is 11.8 Å². The number of nitrogens with one attached hydrogen (secondary N) is 6. The number of aryl methyl sites for hydroxylation is 3. The van der Waals surface area contributed by atoms with E-state index >= 15 is 9.59 Å². The van der Waals surface area contributed by atoms with E-state index in [0.717, 1.165) is 16.7 Å². The van der Waals surface area contributed by atoms with Crippen molar-refractivity contribution in [1.29, 1.82) is 0 Å². The third kappa shape index (κ3) is 18.3. The Balaban J connectivity index is 1.66. The summed E-state index contributed by atoms with van der Waals surface area (Å²) in [6, 6.07) is 16.2. The van der Waals surface area contributed by atoms with Gasteiger partial charge in [-0.05, 0) is 147 Å². The number of carbonyl (C=O) groups excluding carboxylic acids is 7. The van der Waals surface area contributed by atoms with Gasteiger partial charge < -0.3 is 63.0 Å². The molecule has 1 fully saturated rings. The van der Waals surface area contributed by atoms with E-state index in [1.807, 2.05) is 13.8 Å². The Bertz CT molecular complexity index is 2580. The molecule has 0 unspecified atom stereocenters. The predicted molar refractivity (Wildman–Crippen MR) is 291 cm³/mol. The molecule has 0 aromatic heterocycles. The maximum absolute atomic E-state index is 15.0. The van der Waals surface area contributed by atoms with Crippen molar-refractivity contribution in [2.24, 2.45) is 17.6 Å². The Kier molecular flexibility index (Phi) is 23.1. The van der Waals surface area contributed by atoms with Crippen LogP contribution in [-0.2, 0) is 59.2 Å². The fourth-order valence-corrected chi connectivity index (χ4v) is 9.13. The average molecular weight is 1060 g/mol. The minimum atomic E-state index is -1.33. The number of aromatic hydroxyl groups is 4. The van der Waals surface area contributed by atoms with Crippen molar-refractivity contribution in [3.63, 3.8) is 0 Å². The number of carbonyl (C=O) groups is 7. The van der Waals surface area contributed by atoms with Crippen molar-refractivity contribution in [2.45, 2.75) is 147 Å². The summed E-state index contributed by atoms with van der Waals surface area (Å²) < 4.78 is 0. The number of hydrogen-bond donors (Lipinski definition) is 11. The quantitative estimate of drug-likeness (QED) is 0.0596. The molecule has 5 rings (SSSR count). The molecule has 1 aliphatic rings. The second-order valence-corrected chi connectivity index (χ2v) is 20.2. The lowest BCUT2D eigenvalue weighted by Gasteiger charge is -2.34. The molecule has 416 valence electrons. The molecule has 1 heterocycles. The SMILES string of the molecule is CC[C@H](C)[C@@H]1NC(=O)[C@H](CCc2ccc(O)cc2)NC(=O)[C@H](CCc2ccc(O)cc2)NC(=O)[C@H](CCc2ccc(O)cc2)N(C)C(=O)[C@H]([C@@H](C)CC)NC(=O)[C@@H](CCCCN)NC(=O)[C@H](Cc2ccc(O)cc2)NC1=O. The van der Waals surface area contributed by atoms with Gasteiger partial charge in [-0.1, -0.05) is 89.1 Å². The number of benzene rings is 4. The Hall–Kier alpha value is -7.67. The van der Waals surface area contributed by atoms with Crippen molar-refractivity contribution in [3.05, 3.63) is 119 Å². The van der Waals surface area contributed by atoms with E-state index in [1.165, 1.54) is 60.5 Å². The zero-order chi connectivity index (χ0) is 56.2. The topological polar surface area (TPSA) is 302 Å². The zero-order valence-corrected chi connectivity index (χ0v) is 44.8.